The SMILES string of the molecule is COc1cc(/C=C/C2=NC(C)(C)CO2)cc(OC)c1OC. The number of rotatable bonds is 5. The van der Waals surface area contributed by atoms with E-state index in [1.54, 1.807) is 21.3 Å². The van der Waals surface area contributed by atoms with Crippen molar-refractivity contribution in [1.29, 1.82) is 0 Å². The Morgan fingerprint density at radius 1 is 1.05 bits per heavy atom. The summed E-state index contributed by atoms with van der Waals surface area (Å²) in [5, 5.41) is 0. The van der Waals surface area contributed by atoms with E-state index in [0.717, 1.165) is 5.56 Å². The Bertz CT molecular complexity index is 551. The normalized spacial score (nSPS) is 16.5. The van der Waals surface area contributed by atoms with Gasteiger partial charge in [-0.25, -0.2) is 4.99 Å². The van der Waals surface area contributed by atoms with Crippen LogP contribution >= 0.6 is 0 Å². The smallest absolute Gasteiger partial charge is 0.209 e. The third kappa shape index (κ3) is 3.48. The third-order valence-corrected chi connectivity index (χ3v) is 3.09. The fourth-order valence-corrected chi connectivity index (χ4v) is 2.06. The number of hydrogen-bond donors (Lipinski definition) is 0. The van der Waals surface area contributed by atoms with Crippen molar-refractivity contribution >= 4 is 12.0 Å². The van der Waals surface area contributed by atoms with E-state index in [-0.39, 0.29) is 5.54 Å². The van der Waals surface area contributed by atoms with Gasteiger partial charge in [0.25, 0.3) is 0 Å². The minimum Gasteiger partial charge on any atom is -0.493 e. The van der Waals surface area contributed by atoms with E-state index in [2.05, 4.69) is 4.99 Å². The summed E-state index contributed by atoms with van der Waals surface area (Å²) in [6, 6.07) is 3.75. The monoisotopic (exact) mass is 291 g/mol. The van der Waals surface area contributed by atoms with Gasteiger partial charge in [0.1, 0.15) is 6.61 Å². The standard InChI is InChI=1S/C16H21NO4/c1-16(2)10-21-14(17-16)7-6-11-8-12(18-3)15(20-5)13(9-11)19-4/h6-9H,10H2,1-5H3/b7-6+. The second kappa shape index (κ2) is 6.08. The van der Waals surface area contributed by atoms with Crippen molar-refractivity contribution in [1.82, 2.24) is 0 Å². The Hall–Kier alpha value is -2.17. The zero-order chi connectivity index (χ0) is 15.5. The highest BCUT2D eigenvalue weighted by Crippen LogP contribution is 2.38. The van der Waals surface area contributed by atoms with Crippen LogP contribution in [-0.2, 0) is 4.74 Å². The van der Waals surface area contributed by atoms with Crippen LogP contribution in [0.1, 0.15) is 19.4 Å². The number of aliphatic imine (C=N–C) groups is 1. The van der Waals surface area contributed by atoms with Crippen LogP contribution in [0.15, 0.2) is 23.2 Å². The molecule has 1 aromatic carbocycles. The molecule has 0 aliphatic carbocycles. The van der Waals surface area contributed by atoms with E-state index in [9.17, 15) is 0 Å². The molecule has 0 bridgehead atoms. The van der Waals surface area contributed by atoms with Crippen molar-refractivity contribution in [3.8, 4) is 17.2 Å². The minimum atomic E-state index is -0.158. The molecule has 1 aliphatic heterocycles. The van der Waals surface area contributed by atoms with E-state index in [1.807, 2.05) is 38.1 Å². The summed E-state index contributed by atoms with van der Waals surface area (Å²) >= 11 is 0. The van der Waals surface area contributed by atoms with Crippen LogP contribution in [-0.4, -0.2) is 39.4 Å². The molecule has 0 spiro atoms. The van der Waals surface area contributed by atoms with Gasteiger partial charge in [0.05, 0.1) is 26.9 Å². The zero-order valence-corrected chi connectivity index (χ0v) is 13.1. The van der Waals surface area contributed by atoms with E-state index >= 15 is 0 Å². The van der Waals surface area contributed by atoms with Gasteiger partial charge >= 0.3 is 0 Å². The van der Waals surface area contributed by atoms with Crippen LogP contribution in [0.4, 0.5) is 0 Å². The first kappa shape index (κ1) is 15.2. The highest BCUT2D eigenvalue weighted by atomic mass is 16.5. The number of benzene rings is 1. The zero-order valence-electron chi connectivity index (χ0n) is 13.1. The molecule has 0 fully saturated rings. The van der Waals surface area contributed by atoms with Gasteiger partial charge in [0, 0.05) is 6.08 Å². The lowest BCUT2D eigenvalue weighted by atomic mass is 10.1. The maximum Gasteiger partial charge on any atom is 0.209 e. The van der Waals surface area contributed by atoms with Gasteiger partial charge in [-0.15, -0.1) is 0 Å². The summed E-state index contributed by atoms with van der Waals surface area (Å²) in [4.78, 5) is 4.47. The molecule has 1 heterocycles. The highest BCUT2D eigenvalue weighted by Gasteiger charge is 2.24. The third-order valence-electron chi connectivity index (χ3n) is 3.09. The summed E-state index contributed by atoms with van der Waals surface area (Å²) in [5.74, 6) is 2.44. The highest BCUT2D eigenvalue weighted by molar-refractivity contribution is 5.93. The lowest BCUT2D eigenvalue weighted by Crippen LogP contribution is -2.17. The second-order valence-electron chi connectivity index (χ2n) is 5.34. The molecular weight excluding hydrogens is 270 g/mol. The van der Waals surface area contributed by atoms with Gasteiger partial charge in [-0.3, -0.25) is 0 Å². The molecule has 0 unspecified atom stereocenters. The van der Waals surface area contributed by atoms with Crippen molar-refractivity contribution in [2.45, 2.75) is 19.4 Å². The summed E-state index contributed by atoms with van der Waals surface area (Å²) in [6.07, 6.45) is 3.75. The van der Waals surface area contributed by atoms with Crippen molar-refractivity contribution in [2.24, 2.45) is 4.99 Å². The molecule has 2 rings (SSSR count). The number of nitrogens with zero attached hydrogens (tertiary/aromatic N) is 1. The molecule has 0 amide bonds. The Kier molecular flexibility index (Phi) is 4.40. The van der Waals surface area contributed by atoms with Crippen LogP contribution in [0.3, 0.4) is 0 Å². The van der Waals surface area contributed by atoms with Crippen molar-refractivity contribution in [3.63, 3.8) is 0 Å². The molecule has 21 heavy (non-hydrogen) atoms. The number of hydrogen-bond acceptors (Lipinski definition) is 5. The maximum absolute atomic E-state index is 5.52. The van der Waals surface area contributed by atoms with E-state index in [1.165, 1.54) is 0 Å². The van der Waals surface area contributed by atoms with Crippen molar-refractivity contribution in [2.75, 3.05) is 27.9 Å². The van der Waals surface area contributed by atoms with E-state index in [4.69, 9.17) is 18.9 Å². The fraction of sp³-hybridized carbons (Fsp3) is 0.438. The molecule has 1 aromatic rings. The average Bonchev–Trinajstić information content (AvgIpc) is 2.83. The molecule has 114 valence electrons. The van der Waals surface area contributed by atoms with Crippen LogP contribution < -0.4 is 14.2 Å². The summed E-state index contributed by atoms with van der Waals surface area (Å²) in [6.45, 7) is 4.67. The molecule has 0 saturated heterocycles. The van der Waals surface area contributed by atoms with Gasteiger partial charge in [0.2, 0.25) is 11.6 Å². The first-order valence-corrected chi connectivity index (χ1v) is 6.70. The Balaban J connectivity index is 2.29. The molecule has 0 aromatic heterocycles. The second-order valence-corrected chi connectivity index (χ2v) is 5.34. The fourth-order valence-electron chi connectivity index (χ4n) is 2.06. The van der Waals surface area contributed by atoms with Crippen LogP contribution in [0, 0.1) is 0 Å². The lowest BCUT2D eigenvalue weighted by Gasteiger charge is -2.12. The van der Waals surface area contributed by atoms with Gasteiger partial charge in [0.15, 0.2) is 11.5 Å². The van der Waals surface area contributed by atoms with Gasteiger partial charge in [-0.2, -0.15) is 0 Å². The average molecular weight is 291 g/mol. The summed E-state index contributed by atoms with van der Waals surface area (Å²) in [7, 11) is 4.77. The van der Waals surface area contributed by atoms with Crippen molar-refractivity contribution < 1.29 is 18.9 Å². The largest absolute Gasteiger partial charge is 0.493 e. The number of methoxy groups -OCH3 is 3. The molecule has 0 N–H and O–H groups in total. The molecule has 0 saturated carbocycles. The molecular formula is C16H21NO4. The van der Waals surface area contributed by atoms with Gasteiger partial charge < -0.3 is 18.9 Å². The quantitative estimate of drug-likeness (QED) is 0.837. The van der Waals surface area contributed by atoms with Crippen LogP contribution in [0.25, 0.3) is 6.08 Å². The van der Waals surface area contributed by atoms with Gasteiger partial charge in [-0.1, -0.05) is 0 Å². The topological polar surface area (TPSA) is 49.3 Å². The Labute approximate surface area is 125 Å². The summed E-state index contributed by atoms with van der Waals surface area (Å²) in [5.41, 5.74) is 0.759. The predicted molar refractivity (Wildman–Crippen MR) is 82.6 cm³/mol. The molecule has 5 heteroatoms. The van der Waals surface area contributed by atoms with Crippen LogP contribution in [0.5, 0.6) is 17.2 Å². The Morgan fingerprint density at radius 2 is 1.67 bits per heavy atom. The number of ether oxygens (including phenoxy) is 4. The predicted octanol–water partition coefficient (Wildman–Crippen LogP) is 2.93. The molecule has 1 aliphatic rings. The molecule has 0 atom stereocenters. The molecule has 0 radical (unpaired) electrons. The van der Waals surface area contributed by atoms with E-state index < -0.39 is 0 Å². The van der Waals surface area contributed by atoms with E-state index in [0.29, 0.717) is 29.8 Å². The molecule has 5 nitrogen and oxygen atoms in total. The Morgan fingerprint density at radius 3 is 2.10 bits per heavy atom. The first-order chi connectivity index (χ1) is 9.99. The maximum atomic E-state index is 5.52. The van der Waals surface area contributed by atoms with Crippen molar-refractivity contribution in [3.05, 3.63) is 23.8 Å². The summed E-state index contributed by atoms with van der Waals surface area (Å²) < 4.78 is 21.5. The first-order valence-electron chi connectivity index (χ1n) is 6.70. The van der Waals surface area contributed by atoms with Gasteiger partial charge in [-0.05, 0) is 37.6 Å². The minimum absolute atomic E-state index is 0.158. The lowest BCUT2D eigenvalue weighted by molar-refractivity contribution is 0.280. The van der Waals surface area contributed by atoms with Crippen LogP contribution in [0.2, 0.25) is 0 Å².